The predicted octanol–water partition coefficient (Wildman–Crippen LogP) is 2.15. The molecule has 2 N–H and O–H groups in total. The summed E-state index contributed by atoms with van der Waals surface area (Å²) in [6.45, 7) is 1.74. The molecule has 1 aliphatic carbocycles. The first-order valence-corrected chi connectivity index (χ1v) is 8.04. The average molecular weight is 338 g/mol. The second kappa shape index (κ2) is 7.25. The van der Waals surface area contributed by atoms with Crippen LogP contribution >= 0.6 is 0 Å². The quantitative estimate of drug-likeness (QED) is 0.780. The van der Waals surface area contributed by atoms with Gasteiger partial charge in [0.25, 0.3) is 0 Å². The maximum atomic E-state index is 12.5. The molecular weight excluding hydrogens is 313 g/mol. The molecule has 2 aliphatic rings. The Bertz CT molecular complexity index is 405. The zero-order valence-electron chi connectivity index (χ0n) is 13.4. The minimum absolute atomic E-state index is 0.135. The second-order valence-electron chi connectivity index (χ2n) is 6.71. The lowest BCUT2D eigenvalue weighted by Gasteiger charge is -2.35. The Labute approximate surface area is 134 Å². The lowest BCUT2D eigenvalue weighted by atomic mass is 9.91. The first-order chi connectivity index (χ1) is 10.8. The number of hydrogen-bond acceptors (Lipinski definition) is 3. The van der Waals surface area contributed by atoms with Gasteiger partial charge in [-0.3, -0.25) is 0 Å². The van der Waals surface area contributed by atoms with Gasteiger partial charge in [-0.1, -0.05) is 0 Å². The molecule has 5 nitrogen and oxygen atoms in total. The molecule has 0 aromatic rings. The molecule has 1 unspecified atom stereocenters. The van der Waals surface area contributed by atoms with E-state index in [0.29, 0.717) is 13.2 Å². The number of aliphatic hydroxyl groups is 1. The largest absolute Gasteiger partial charge is 0.414 e. The van der Waals surface area contributed by atoms with Crippen LogP contribution in [0.5, 0.6) is 0 Å². The molecular formula is C15H25F3N2O3. The van der Waals surface area contributed by atoms with Crippen molar-refractivity contribution < 1.29 is 27.8 Å². The van der Waals surface area contributed by atoms with Crippen molar-refractivity contribution in [2.24, 2.45) is 11.3 Å². The van der Waals surface area contributed by atoms with E-state index in [9.17, 15) is 23.1 Å². The highest BCUT2D eigenvalue weighted by atomic mass is 19.4. The number of carbonyl (C=O) groups is 1. The summed E-state index contributed by atoms with van der Waals surface area (Å²) in [4.78, 5) is 13.7. The molecule has 0 spiro atoms. The lowest BCUT2D eigenvalue weighted by Crippen LogP contribution is -2.49. The van der Waals surface area contributed by atoms with E-state index in [1.165, 1.54) is 4.90 Å². The number of aliphatic hydroxyl groups excluding tert-OH is 1. The Morgan fingerprint density at radius 2 is 2.00 bits per heavy atom. The van der Waals surface area contributed by atoms with Crippen LogP contribution in [-0.2, 0) is 4.74 Å². The molecule has 0 bridgehead atoms. The van der Waals surface area contributed by atoms with Gasteiger partial charge in [0.2, 0.25) is 0 Å². The van der Waals surface area contributed by atoms with Crippen molar-refractivity contribution in [3.05, 3.63) is 0 Å². The minimum Gasteiger partial charge on any atom is -0.385 e. The standard InChI is InChI=1S/C15H25F3N2O3/c1-23-9-6-14(4-5-14)10-19-13(22)20-7-2-11(3-8-20)12(21)15(16,17)18/h11-12,21H,2-10H2,1H3,(H,19,22). The summed E-state index contributed by atoms with van der Waals surface area (Å²) in [5, 5.41) is 12.2. The van der Waals surface area contributed by atoms with Crippen molar-refractivity contribution in [1.82, 2.24) is 10.2 Å². The number of amides is 2. The molecule has 0 aromatic heterocycles. The maximum Gasteiger partial charge on any atom is 0.414 e. The third-order valence-electron chi connectivity index (χ3n) is 5.02. The van der Waals surface area contributed by atoms with Crippen LogP contribution in [0.3, 0.4) is 0 Å². The molecule has 1 heterocycles. The Kier molecular flexibility index (Phi) is 5.78. The summed E-state index contributed by atoms with van der Waals surface area (Å²) >= 11 is 0. The topological polar surface area (TPSA) is 61.8 Å². The van der Waals surface area contributed by atoms with Crippen molar-refractivity contribution >= 4 is 6.03 Å². The van der Waals surface area contributed by atoms with E-state index < -0.39 is 18.2 Å². The highest BCUT2D eigenvalue weighted by molar-refractivity contribution is 5.74. The number of nitrogens with one attached hydrogen (secondary N) is 1. The molecule has 8 heteroatoms. The van der Waals surface area contributed by atoms with Gasteiger partial charge in [-0.25, -0.2) is 4.79 Å². The summed E-state index contributed by atoms with van der Waals surface area (Å²) in [7, 11) is 1.65. The van der Waals surface area contributed by atoms with Gasteiger partial charge in [0.05, 0.1) is 0 Å². The van der Waals surface area contributed by atoms with Crippen LogP contribution in [0.4, 0.5) is 18.0 Å². The third kappa shape index (κ3) is 4.97. The predicted molar refractivity (Wildman–Crippen MR) is 77.9 cm³/mol. The van der Waals surface area contributed by atoms with Gasteiger partial charge in [-0.05, 0) is 43.4 Å². The number of hydrogen-bond donors (Lipinski definition) is 2. The van der Waals surface area contributed by atoms with Gasteiger partial charge < -0.3 is 20.1 Å². The molecule has 1 saturated carbocycles. The number of alkyl halides is 3. The number of halogens is 3. The molecule has 2 amide bonds. The number of likely N-dealkylation sites (tertiary alicyclic amines) is 1. The average Bonchev–Trinajstić information content (AvgIpc) is 3.29. The third-order valence-corrected chi connectivity index (χ3v) is 5.02. The van der Waals surface area contributed by atoms with Crippen LogP contribution in [-0.4, -0.2) is 61.7 Å². The maximum absolute atomic E-state index is 12.5. The molecule has 1 aliphatic heterocycles. The number of carbonyl (C=O) groups excluding carboxylic acids is 1. The first-order valence-electron chi connectivity index (χ1n) is 8.04. The summed E-state index contributed by atoms with van der Waals surface area (Å²) < 4.78 is 42.6. The normalized spacial score (nSPS) is 22.7. The minimum atomic E-state index is -4.59. The summed E-state index contributed by atoms with van der Waals surface area (Å²) in [6, 6.07) is -0.228. The van der Waals surface area contributed by atoms with Crippen molar-refractivity contribution in [3.8, 4) is 0 Å². The molecule has 0 radical (unpaired) electrons. The van der Waals surface area contributed by atoms with Gasteiger partial charge >= 0.3 is 12.2 Å². The zero-order valence-corrected chi connectivity index (χ0v) is 13.4. The van der Waals surface area contributed by atoms with Crippen molar-refractivity contribution in [1.29, 1.82) is 0 Å². The van der Waals surface area contributed by atoms with Gasteiger partial charge in [0.1, 0.15) is 0 Å². The number of urea groups is 1. The van der Waals surface area contributed by atoms with E-state index in [2.05, 4.69) is 5.32 Å². The van der Waals surface area contributed by atoms with Crippen molar-refractivity contribution in [2.45, 2.75) is 44.4 Å². The Morgan fingerprint density at radius 1 is 1.39 bits per heavy atom. The summed E-state index contributed by atoms with van der Waals surface area (Å²) in [5.41, 5.74) is 0.135. The number of piperidine rings is 1. The fourth-order valence-electron chi connectivity index (χ4n) is 3.07. The number of ether oxygens (including phenoxy) is 1. The van der Waals surface area contributed by atoms with Crippen molar-refractivity contribution in [3.63, 3.8) is 0 Å². The van der Waals surface area contributed by atoms with Gasteiger partial charge in [0.15, 0.2) is 6.10 Å². The molecule has 2 rings (SSSR count). The first kappa shape index (κ1) is 18.3. The molecule has 134 valence electrons. The molecule has 2 fully saturated rings. The molecule has 23 heavy (non-hydrogen) atoms. The number of methoxy groups -OCH3 is 1. The van der Waals surface area contributed by atoms with E-state index in [0.717, 1.165) is 19.3 Å². The van der Waals surface area contributed by atoms with Crippen LogP contribution in [0, 0.1) is 11.3 Å². The fourth-order valence-corrected chi connectivity index (χ4v) is 3.07. The molecule has 0 aromatic carbocycles. The van der Waals surface area contributed by atoms with E-state index >= 15 is 0 Å². The van der Waals surface area contributed by atoms with Crippen LogP contribution < -0.4 is 5.32 Å². The van der Waals surface area contributed by atoms with E-state index in [4.69, 9.17) is 4.74 Å². The molecule has 1 atom stereocenters. The molecule has 1 saturated heterocycles. The highest BCUT2D eigenvalue weighted by Gasteiger charge is 2.45. The fraction of sp³-hybridized carbons (Fsp3) is 0.933. The lowest BCUT2D eigenvalue weighted by molar-refractivity contribution is -0.222. The van der Waals surface area contributed by atoms with Crippen LogP contribution in [0.2, 0.25) is 0 Å². The van der Waals surface area contributed by atoms with E-state index in [1.807, 2.05) is 0 Å². The Balaban J connectivity index is 1.72. The zero-order chi connectivity index (χ0) is 17.1. The summed E-state index contributed by atoms with van der Waals surface area (Å²) in [6.07, 6.45) is -3.51. The van der Waals surface area contributed by atoms with Crippen LogP contribution in [0.25, 0.3) is 0 Å². The Morgan fingerprint density at radius 3 is 2.48 bits per heavy atom. The highest BCUT2D eigenvalue weighted by Crippen LogP contribution is 2.48. The van der Waals surface area contributed by atoms with E-state index in [1.54, 1.807) is 7.11 Å². The smallest absolute Gasteiger partial charge is 0.385 e. The Hall–Kier alpha value is -1.02. The monoisotopic (exact) mass is 338 g/mol. The van der Waals surface area contributed by atoms with Gasteiger partial charge in [0, 0.05) is 33.4 Å². The van der Waals surface area contributed by atoms with Crippen LogP contribution in [0.1, 0.15) is 32.1 Å². The summed E-state index contributed by atoms with van der Waals surface area (Å²) in [5.74, 6) is -0.824. The SMILES string of the molecule is COCCC1(CNC(=O)N2CCC(C(O)C(F)(F)F)CC2)CC1. The van der Waals surface area contributed by atoms with E-state index in [-0.39, 0.29) is 37.4 Å². The van der Waals surface area contributed by atoms with Gasteiger partial charge in [-0.2, -0.15) is 13.2 Å². The van der Waals surface area contributed by atoms with Crippen molar-refractivity contribution in [2.75, 3.05) is 33.4 Å². The number of nitrogens with zero attached hydrogens (tertiary/aromatic N) is 1. The van der Waals surface area contributed by atoms with Crippen LogP contribution in [0.15, 0.2) is 0 Å². The second-order valence-corrected chi connectivity index (χ2v) is 6.71. The van der Waals surface area contributed by atoms with Gasteiger partial charge in [-0.15, -0.1) is 0 Å². The number of rotatable bonds is 6.